The zero-order valence-corrected chi connectivity index (χ0v) is 22.7. The van der Waals surface area contributed by atoms with Crippen LogP contribution >= 0.6 is 0 Å². The summed E-state index contributed by atoms with van der Waals surface area (Å²) in [7, 11) is 0. The molecule has 1 aliphatic heterocycles. The van der Waals surface area contributed by atoms with Gasteiger partial charge in [-0.05, 0) is 25.7 Å². The van der Waals surface area contributed by atoms with Gasteiger partial charge >= 0.3 is 17.9 Å². The molecule has 1 fully saturated rings. The third-order valence-electron chi connectivity index (χ3n) is 7.15. The number of rotatable bonds is 23. The highest BCUT2D eigenvalue weighted by Crippen LogP contribution is 2.35. The minimum absolute atomic E-state index is 0.0518. The van der Waals surface area contributed by atoms with Crippen molar-refractivity contribution in [3.63, 3.8) is 0 Å². The van der Waals surface area contributed by atoms with Gasteiger partial charge in [0.25, 0.3) is 11.8 Å². The molecule has 0 spiro atoms. The number of hydrogen-bond acceptors (Lipinski definition) is 6. The summed E-state index contributed by atoms with van der Waals surface area (Å²) < 4.78 is 0. The van der Waals surface area contributed by atoms with E-state index in [0.717, 1.165) is 83.5 Å². The number of imide groups is 1. The molecule has 1 aliphatic rings. The Labute approximate surface area is 226 Å². The van der Waals surface area contributed by atoms with Crippen LogP contribution in [0.1, 0.15) is 135 Å². The van der Waals surface area contributed by atoms with Crippen LogP contribution in [0.15, 0.2) is 0 Å². The van der Waals surface area contributed by atoms with Gasteiger partial charge in [-0.25, -0.2) is 4.79 Å². The quantitative estimate of drug-likeness (QED) is 0.0725. The first-order valence-electron chi connectivity index (χ1n) is 14.2. The standard InChI is InChI=1S/C29H45NO8/c1-2-3-4-5-6-8-11-14-17-22-29(27(35)36,28(37)38-30-24(31)20-21-25(30)32)23-18-15-12-9-7-10-13-16-19-26(33)34/h1H,3-23H2,(H,33,34)(H,35,36)/t29-/m0/s1. The molecule has 0 aromatic rings. The lowest BCUT2D eigenvalue weighted by molar-refractivity contribution is -0.208. The Bertz CT molecular complexity index is 802. The Morgan fingerprint density at radius 3 is 1.58 bits per heavy atom. The van der Waals surface area contributed by atoms with Crippen LogP contribution < -0.4 is 0 Å². The van der Waals surface area contributed by atoms with E-state index < -0.39 is 35.1 Å². The molecule has 9 heteroatoms. The molecule has 0 radical (unpaired) electrons. The van der Waals surface area contributed by atoms with Gasteiger partial charge in [-0.2, -0.15) is 0 Å². The van der Waals surface area contributed by atoms with E-state index in [1.54, 1.807) is 0 Å². The molecular formula is C29H45NO8. The maximum Gasteiger partial charge on any atom is 0.350 e. The maximum atomic E-state index is 13.1. The number of nitrogens with zero attached hydrogens (tertiary/aromatic N) is 1. The van der Waals surface area contributed by atoms with Crippen molar-refractivity contribution in [2.75, 3.05) is 0 Å². The van der Waals surface area contributed by atoms with Crippen LogP contribution in [0.4, 0.5) is 0 Å². The van der Waals surface area contributed by atoms with Crippen molar-refractivity contribution in [1.29, 1.82) is 0 Å². The van der Waals surface area contributed by atoms with E-state index in [0.29, 0.717) is 24.3 Å². The van der Waals surface area contributed by atoms with Gasteiger partial charge in [-0.15, -0.1) is 17.4 Å². The summed E-state index contributed by atoms with van der Waals surface area (Å²) in [5.74, 6) is -1.73. The van der Waals surface area contributed by atoms with Gasteiger partial charge in [0, 0.05) is 25.7 Å². The van der Waals surface area contributed by atoms with E-state index in [1.807, 2.05) is 0 Å². The minimum Gasteiger partial charge on any atom is -0.481 e. The molecule has 1 atom stereocenters. The van der Waals surface area contributed by atoms with Crippen LogP contribution in [0.25, 0.3) is 0 Å². The molecule has 0 aromatic carbocycles. The number of hydrogen-bond donors (Lipinski definition) is 2. The fourth-order valence-electron chi connectivity index (χ4n) is 4.76. The second-order valence-corrected chi connectivity index (χ2v) is 10.2. The lowest BCUT2D eigenvalue weighted by atomic mass is 9.77. The Morgan fingerprint density at radius 2 is 1.16 bits per heavy atom. The molecule has 0 aromatic heterocycles. The van der Waals surface area contributed by atoms with Crippen LogP contribution in [-0.4, -0.2) is 45.0 Å². The Hall–Kier alpha value is -2.89. The third-order valence-corrected chi connectivity index (χ3v) is 7.15. The molecule has 1 rings (SSSR count). The fraction of sp³-hybridized carbons (Fsp3) is 0.759. The maximum absolute atomic E-state index is 13.1. The van der Waals surface area contributed by atoms with E-state index in [9.17, 15) is 29.1 Å². The number of unbranched alkanes of at least 4 members (excludes halogenated alkanes) is 14. The lowest BCUT2D eigenvalue weighted by Crippen LogP contribution is -2.45. The molecule has 0 unspecified atom stereocenters. The molecule has 214 valence electrons. The molecule has 1 saturated heterocycles. The second kappa shape index (κ2) is 19.2. The van der Waals surface area contributed by atoms with E-state index in [2.05, 4.69) is 5.92 Å². The average Bonchev–Trinajstić information content (AvgIpc) is 3.19. The number of carbonyl (C=O) groups excluding carboxylic acids is 3. The van der Waals surface area contributed by atoms with Crippen LogP contribution in [0, 0.1) is 17.8 Å². The van der Waals surface area contributed by atoms with Crippen molar-refractivity contribution in [3.8, 4) is 12.3 Å². The van der Waals surface area contributed by atoms with E-state index in [-0.39, 0.29) is 32.1 Å². The molecule has 9 nitrogen and oxygen atoms in total. The largest absolute Gasteiger partial charge is 0.481 e. The zero-order chi connectivity index (χ0) is 28.2. The minimum atomic E-state index is -1.80. The smallest absolute Gasteiger partial charge is 0.350 e. The van der Waals surface area contributed by atoms with Crippen LogP contribution in [0.5, 0.6) is 0 Å². The fourth-order valence-corrected chi connectivity index (χ4v) is 4.76. The van der Waals surface area contributed by atoms with Crippen LogP contribution in [0.2, 0.25) is 0 Å². The predicted molar refractivity (Wildman–Crippen MR) is 141 cm³/mol. The van der Waals surface area contributed by atoms with Gasteiger partial charge in [0.2, 0.25) is 0 Å². The number of amides is 2. The van der Waals surface area contributed by atoms with Gasteiger partial charge in [-0.3, -0.25) is 19.2 Å². The van der Waals surface area contributed by atoms with Crippen molar-refractivity contribution in [2.45, 2.75) is 135 Å². The van der Waals surface area contributed by atoms with Crippen molar-refractivity contribution < 1.29 is 39.0 Å². The Morgan fingerprint density at radius 1 is 0.737 bits per heavy atom. The number of hydroxylamine groups is 2. The van der Waals surface area contributed by atoms with Crippen LogP contribution in [0.3, 0.4) is 0 Å². The highest BCUT2D eigenvalue weighted by molar-refractivity contribution is 6.04. The topological polar surface area (TPSA) is 138 Å². The number of carboxylic acids is 2. The first-order chi connectivity index (χ1) is 18.2. The van der Waals surface area contributed by atoms with Crippen molar-refractivity contribution in [2.24, 2.45) is 5.41 Å². The van der Waals surface area contributed by atoms with Crippen molar-refractivity contribution >= 4 is 29.7 Å². The van der Waals surface area contributed by atoms with Gasteiger partial charge < -0.3 is 15.1 Å². The average molecular weight is 536 g/mol. The normalized spacial score (nSPS) is 14.8. The zero-order valence-electron chi connectivity index (χ0n) is 22.7. The highest BCUT2D eigenvalue weighted by Gasteiger charge is 2.49. The highest BCUT2D eigenvalue weighted by atomic mass is 16.7. The van der Waals surface area contributed by atoms with Crippen LogP contribution in [-0.2, 0) is 28.8 Å². The van der Waals surface area contributed by atoms with Gasteiger partial charge in [0.1, 0.15) is 0 Å². The Kier molecular flexibility index (Phi) is 16.8. The van der Waals surface area contributed by atoms with E-state index >= 15 is 0 Å². The molecular weight excluding hydrogens is 490 g/mol. The summed E-state index contributed by atoms with van der Waals surface area (Å²) in [6, 6.07) is 0. The molecule has 2 N–H and O–H groups in total. The first kappa shape index (κ1) is 33.1. The molecule has 2 amide bonds. The summed E-state index contributed by atoms with van der Waals surface area (Å²) in [5, 5.41) is 19.2. The summed E-state index contributed by atoms with van der Waals surface area (Å²) in [6.07, 6.45) is 19.3. The predicted octanol–water partition coefficient (Wildman–Crippen LogP) is 5.79. The molecule has 1 heterocycles. The van der Waals surface area contributed by atoms with Gasteiger partial charge in [0.15, 0.2) is 5.41 Å². The van der Waals surface area contributed by atoms with E-state index in [1.165, 1.54) is 0 Å². The molecule has 0 bridgehead atoms. The van der Waals surface area contributed by atoms with Gasteiger partial charge in [-0.1, -0.05) is 83.5 Å². The molecule has 0 aliphatic carbocycles. The van der Waals surface area contributed by atoms with Crippen molar-refractivity contribution in [3.05, 3.63) is 0 Å². The van der Waals surface area contributed by atoms with E-state index in [4.69, 9.17) is 16.4 Å². The van der Waals surface area contributed by atoms with Crippen molar-refractivity contribution in [1.82, 2.24) is 5.06 Å². The summed E-state index contributed by atoms with van der Waals surface area (Å²) >= 11 is 0. The van der Waals surface area contributed by atoms with Gasteiger partial charge in [0.05, 0.1) is 0 Å². The first-order valence-corrected chi connectivity index (χ1v) is 14.2. The summed E-state index contributed by atoms with van der Waals surface area (Å²) in [5.41, 5.74) is -1.80. The lowest BCUT2D eigenvalue weighted by Gasteiger charge is -2.28. The molecule has 0 saturated carbocycles. The number of terminal acetylenes is 1. The number of aliphatic carboxylic acids is 2. The summed E-state index contributed by atoms with van der Waals surface area (Å²) in [4.78, 5) is 65.1. The number of carbonyl (C=O) groups is 5. The monoisotopic (exact) mass is 535 g/mol. The third kappa shape index (κ3) is 12.6. The summed E-state index contributed by atoms with van der Waals surface area (Å²) in [6.45, 7) is 0. The SMILES string of the molecule is C#CCCCCCCCCC[C@](CCCCCCCCCCC(=O)O)(C(=O)O)C(=O)ON1C(=O)CCC1=O. The molecule has 38 heavy (non-hydrogen) atoms. The Balaban J connectivity index is 2.59. The second-order valence-electron chi connectivity index (χ2n) is 10.2. The number of carboxylic acid groups (broad SMARTS) is 2.